The summed E-state index contributed by atoms with van der Waals surface area (Å²) >= 11 is 0. The number of fused-ring (bicyclic) bond motifs is 7. The minimum atomic E-state index is -0.243. The largest absolute Gasteiger partial charge is 0.455 e. The molecule has 0 fully saturated rings. The third kappa shape index (κ3) is 5.26. The monoisotopic (exact) mass is 720 g/mol. The fraction of sp³-hybridized carbons (Fsp3) is 0. The lowest BCUT2D eigenvalue weighted by molar-refractivity contribution is 0.629. The van der Waals surface area contributed by atoms with Crippen LogP contribution in [0.3, 0.4) is 0 Å². The summed E-state index contributed by atoms with van der Waals surface area (Å²) in [6, 6.07) is 69.0. The first kappa shape index (κ1) is 32.0. The Kier molecular flexibility index (Phi) is 7.36. The van der Waals surface area contributed by atoms with E-state index in [1.165, 1.54) is 16.3 Å². The molecule has 2 aromatic heterocycles. The molecule has 3 nitrogen and oxygen atoms in total. The number of anilines is 3. The van der Waals surface area contributed by atoms with E-state index in [1.807, 2.05) is 30.3 Å². The summed E-state index contributed by atoms with van der Waals surface area (Å²) in [6.07, 6.45) is 0. The molecular formula is C52H33FN2O. The molecule has 4 heteroatoms. The van der Waals surface area contributed by atoms with Crippen molar-refractivity contribution in [1.29, 1.82) is 0 Å². The average Bonchev–Trinajstić information content (AvgIpc) is 3.80. The van der Waals surface area contributed by atoms with Crippen LogP contribution in [0.4, 0.5) is 21.5 Å². The SMILES string of the molecule is Fc1ccc2c(c1)c1ccccc1n2-c1cccc(N(c2ccc(-c3ccc4ccccc4c3)cc2)c2ccc(-c3cccc4c3oc3ccccc34)cc2)c1. The molecule has 0 amide bonds. The molecule has 0 aliphatic rings. The van der Waals surface area contributed by atoms with Gasteiger partial charge in [0.15, 0.2) is 0 Å². The Labute approximate surface area is 322 Å². The first-order chi connectivity index (χ1) is 27.7. The van der Waals surface area contributed by atoms with E-state index < -0.39 is 0 Å². The highest BCUT2D eigenvalue weighted by atomic mass is 19.1. The van der Waals surface area contributed by atoms with Crippen LogP contribution in [0.25, 0.3) is 82.5 Å². The van der Waals surface area contributed by atoms with Crippen LogP contribution in [-0.4, -0.2) is 4.57 Å². The van der Waals surface area contributed by atoms with Crippen molar-refractivity contribution in [2.45, 2.75) is 0 Å². The molecule has 264 valence electrons. The molecule has 56 heavy (non-hydrogen) atoms. The highest BCUT2D eigenvalue weighted by Gasteiger charge is 2.18. The molecule has 0 spiro atoms. The minimum absolute atomic E-state index is 0.243. The van der Waals surface area contributed by atoms with Crippen molar-refractivity contribution >= 4 is 71.6 Å². The molecule has 2 heterocycles. The van der Waals surface area contributed by atoms with Gasteiger partial charge in [-0.2, -0.15) is 0 Å². The highest BCUT2D eigenvalue weighted by molar-refractivity contribution is 6.10. The maximum absolute atomic E-state index is 14.6. The molecule has 0 saturated carbocycles. The van der Waals surface area contributed by atoms with Gasteiger partial charge in [0.2, 0.25) is 0 Å². The van der Waals surface area contributed by atoms with E-state index >= 15 is 0 Å². The summed E-state index contributed by atoms with van der Waals surface area (Å²) in [4.78, 5) is 2.30. The Bertz CT molecular complexity index is 3270. The average molecular weight is 721 g/mol. The van der Waals surface area contributed by atoms with Gasteiger partial charge in [-0.15, -0.1) is 0 Å². The Balaban J connectivity index is 1.05. The van der Waals surface area contributed by atoms with Crippen molar-refractivity contribution in [3.8, 4) is 27.9 Å². The van der Waals surface area contributed by atoms with Crippen LogP contribution in [0.2, 0.25) is 0 Å². The molecule has 0 bridgehead atoms. The maximum Gasteiger partial charge on any atom is 0.143 e. The number of rotatable bonds is 6. The first-order valence-electron chi connectivity index (χ1n) is 18.9. The lowest BCUT2D eigenvalue weighted by Gasteiger charge is -2.26. The topological polar surface area (TPSA) is 21.3 Å². The van der Waals surface area contributed by atoms with Crippen LogP contribution in [0.1, 0.15) is 0 Å². The molecule has 0 aliphatic heterocycles. The summed E-state index contributed by atoms with van der Waals surface area (Å²) in [5.41, 5.74) is 12.3. The number of para-hydroxylation sites is 3. The van der Waals surface area contributed by atoms with Gasteiger partial charge in [0.05, 0.1) is 11.0 Å². The predicted octanol–water partition coefficient (Wildman–Crippen LogP) is 14.8. The van der Waals surface area contributed by atoms with E-state index in [9.17, 15) is 4.39 Å². The second-order valence-corrected chi connectivity index (χ2v) is 14.3. The van der Waals surface area contributed by atoms with Crippen molar-refractivity contribution in [3.05, 3.63) is 206 Å². The quantitative estimate of drug-likeness (QED) is 0.171. The van der Waals surface area contributed by atoms with Crippen LogP contribution in [0, 0.1) is 5.82 Å². The molecular weight excluding hydrogens is 688 g/mol. The van der Waals surface area contributed by atoms with Gasteiger partial charge in [-0.1, -0.05) is 121 Å². The molecule has 0 N–H and O–H groups in total. The lowest BCUT2D eigenvalue weighted by Crippen LogP contribution is -2.10. The summed E-state index contributed by atoms with van der Waals surface area (Å²) in [7, 11) is 0. The van der Waals surface area contributed by atoms with Crippen LogP contribution in [0.15, 0.2) is 205 Å². The molecule has 11 aromatic rings. The number of furan rings is 1. The van der Waals surface area contributed by atoms with E-state index in [0.717, 1.165) is 83.2 Å². The van der Waals surface area contributed by atoms with Crippen molar-refractivity contribution < 1.29 is 8.81 Å². The van der Waals surface area contributed by atoms with E-state index in [1.54, 1.807) is 12.1 Å². The van der Waals surface area contributed by atoms with Crippen LogP contribution >= 0.6 is 0 Å². The molecule has 11 rings (SSSR count). The highest BCUT2D eigenvalue weighted by Crippen LogP contribution is 2.41. The number of hydrogen-bond donors (Lipinski definition) is 0. The third-order valence-corrected chi connectivity index (χ3v) is 11.0. The Hall–Kier alpha value is -7.43. The Morgan fingerprint density at radius 3 is 1.91 bits per heavy atom. The van der Waals surface area contributed by atoms with Crippen molar-refractivity contribution in [2.24, 2.45) is 0 Å². The molecule has 0 saturated heterocycles. The smallest absolute Gasteiger partial charge is 0.143 e. The second kappa shape index (κ2) is 12.9. The van der Waals surface area contributed by atoms with Gasteiger partial charge in [-0.25, -0.2) is 4.39 Å². The van der Waals surface area contributed by atoms with Crippen molar-refractivity contribution in [2.75, 3.05) is 4.90 Å². The fourth-order valence-corrected chi connectivity index (χ4v) is 8.38. The van der Waals surface area contributed by atoms with Gasteiger partial charge in [0.1, 0.15) is 17.0 Å². The van der Waals surface area contributed by atoms with Gasteiger partial charge >= 0.3 is 0 Å². The zero-order valence-electron chi connectivity index (χ0n) is 30.2. The third-order valence-electron chi connectivity index (χ3n) is 11.0. The molecule has 9 aromatic carbocycles. The van der Waals surface area contributed by atoms with Gasteiger partial charge in [0.25, 0.3) is 0 Å². The van der Waals surface area contributed by atoms with Gasteiger partial charge in [-0.05, 0) is 106 Å². The van der Waals surface area contributed by atoms with Gasteiger partial charge in [-0.3, -0.25) is 0 Å². The molecule has 0 radical (unpaired) electrons. The van der Waals surface area contributed by atoms with E-state index in [0.29, 0.717) is 0 Å². The van der Waals surface area contributed by atoms with Crippen molar-refractivity contribution in [1.82, 2.24) is 4.57 Å². The summed E-state index contributed by atoms with van der Waals surface area (Å²) in [5, 5.41) is 6.59. The standard InChI is InChI=1S/C52H33FN2O/c53-39-25-30-50-48(32-39)45-13-3-5-17-49(45)55(50)43-12-7-11-42(33-43)54(40-26-21-35(22-27-40)38-20-19-34-9-1-2-10-37(34)31-38)41-28-23-36(24-29-41)44-15-8-16-47-46-14-4-6-18-51(46)56-52(44)47/h1-33H. The van der Waals surface area contributed by atoms with Crippen molar-refractivity contribution in [3.63, 3.8) is 0 Å². The number of nitrogens with zero attached hydrogens (tertiary/aromatic N) is 2. The number of hydrogen-bond acceptors (Lipinski definition) is 2. The Morgan fingerprint density at radius 2 is 1.07 bits per heavy atom. The second-order valence-electron chi connectivity index (χ2n) is 14.3. The number of aromatic nitrogens is 1. The molecule has 0 unspecified atom stereocenters. The Morgan fingerprint density at radius 1 is 0.411 bits per heavy atom. The lowest BCUT2D eigenvalue weighted by atomic mass is 10.0. The molecule has 0 aliphatic carbocycles. The summed E-state index contributed by atoms with van der Waals surface area (Å²) in [6.45, 7) is 0. The fourth-order valence-electron chi connectivity index (χ4n) is 8.38. The van der Waals surface area contributed by atoms with Gasteiger partial charge < -0.3 is 13.9 Å². The number of halogens is 1. The maximum atomic E-state index is 14.6. The summed E-state index contributed by atoms with van der Waals surface area (Å²) < 4.78 is 23.2. The molecule has 0 atom stereocenters. The minimum Gasteiger partial charge on any atom is -0.455 e. The number of benzene rings is 9. The van der Waals surface area contributed by atoms with E-state index in [4.69, 9.17) is 4.42 Å². The predicted molar refractivity (Wildman–Crippen MR) is 231 cm³/mol. The summed E-state index contributed by atoms with van der Waals surface area (Å²) in [5.74, 6) is -0.243. The zero-order chi connectivity index (χ0) is 37.2. The van der Waals surface area contributed by atoms with Crippen LogP contribution in [0.5, 0.6) is 0 Å². The van der Waals surface area contributed by atoms with E-state index in [2.05, 4.69) is 167 Å². The van der Waals surface area contributed by atoms with E-state index in [-0.39, 0.29) is 5.82 Å². The first-order valence-corrected chi connectivity index (χ1v) is 18.9. The normalized spacial score (nSPS) is 11.7. The van der Waals surface area contributed by atoms with Crippen LogP contribution in [-0.2, 0) is 0 Å². The zero-order valence-corrected chi connectivity index (χ0v) is 30.2. The van der Waals surface area contributed by atoms with Crippen LogP contribution < -0.4 is 4.90 Å². The van der Waals surface area contributed by atoms with Gasteiger partial charge in [0, 0.05) is 49.9 Å².